The Morgan fingerprint density at radius 2 is 1.33 bits per heavy atom. The third-order valence-corrected chi connectivity index (χ3v) is 4.46. The average molecular weight is 419 g/mol. The number of benzene rings is 2. The van der Waals surface area contributed by atoms with E-state index in [0.29, 0.717) is 32.8 Å². The minimum atomic E-state index is -0.0959. The van der Waals surface area contributed by atoms with Crippen LogP contribution in [0.3, 0.4) is 0 Å². The second-order valence-electron chi connectivity index (χ2n) is 6.62. The van der Waals surface area contributed by atoms with Crippen molar-refractivity contribution in [1.29, 1.82) is 0 Å². The minimum Gasteiger partial charge on any atom is -0.467 e. The summed E-state index contributed by atoms with van der Waals surface area (Å²) < 4.78 is 21.9. The van der Waals surface area contributed by atoms with E-state index < -0.39 is 0 Å². The van der Waals surface area contributed by atoms with Crippen LogP contribution in [0.5, 0.6) is 11.5 Å². The summed E-state index contributed by atoms with van der Waals surface area (Å²) in [5, 5.41) is 16.5. The summed E-state index contributed by atoms with van der Waals surface area (Å²) in [7, 11) is 0. The predicted molar refractivity (Wildman–Crippen MR) is 117 cm³/mol. The second-order valence-corrected chi connectivity index (χ2v) is 6.62. The van der Waals surface area contributed by atoms with Gasteiger partial charge < -0.3 is 34.7 Å². The molecular formula is C23H34N2O5. The molecule has 0 saturated carbocycles. The molecule has 2 aromatic carbocycles. The highest BCUT2D eigenvalue weighted by atomic mass is 16.7. The van der Waals surface area contributed by atoms with Crippen LogP contribution in [0, 0.1) is 0 Å². The van der Waals surface area contributed by atoms with Crippen LogP contribution in [0.25, 0.3) is 0 Å². The molecule has 0 spiro atoms. The molecule has 30 heavy (non-hydrogen) atoms. The first-order valence-corrected chi connectivity index (χ1v) is 10.4. The van der Waals surface area contributed by atoms with Crippen LogP contribution >= 0.6 is 0 Å². The predicted octanol–water partition coefficient (Wildman–Crippen LogP) is 2.67. The molecule has 2 rings (SSSR count). The largest absolute Gasteiger partial charge is 0.467 e. The highest BCUT2D eigenvalue weighted by Crippen LogP contribution is 2.19. The van der Waals surface area contributed by atoms with Gasteiger partial charge in [-0.3, -0.25) is 0 Å². The Kier molecular flexibility index (Phi) is 11.9. The fraction of sp³-hybridized carbons (Fsp3) is 0.478. The molecular weight excluding hydrogens is 384 g/mol. The average Bonchev–Trinajstić information content (AvgIpc) is 2.78. The third-order valence-electron chi connectivity index (χ3n) is 4.46. The Labute approximate surface area is 179 Å². The molecule has 0 amide bonds. The van der Waals surface area contributed by atoms with Gasteiger partial charge in [-0.1, -0.05) is 36.4 Å². The number of rotatable bonds is 16. The number of nitrogens with one attached hydrogen (secondary N) is 2. The first-order chi connectivity index (χ1) is 14.8. The van der Waals surface area contributed by atoms with Gasteiger partial charge in [0, 0.05) is 50.0 Å². The number of ether oxygens (including phenoxy) is 4. The summed E-state index contributed by atoms with van der Waals surface area (Å²) in [5.41, 5.74) is 2.06. The Balaban J connectivity index is 1.81. The summed E-state index contributed by atoms with van der Waals surface area (Å²) in [6.07, 6.45) is 0. The molecule has 0 aliphatic rings. The maximum absolute atomic E-state index is 9.75. The Hall–Kier alpha value is -2.16. The van der Waals surface area contributed by atoms with Crippen molar-refractivity contribution in [2.24, 2.45) is 0 Å². The fourth-order valence-corrected chi connectivity index (χ4v) is 2.79. The van der Waals surface area contributed by atoms with Crippen LogP contribution in [0.4, 0.5) is 0 Å². The van der Waals surface area contributed by atoms with Crippen LogP contribution in [-0.4, -0.2) is 51.1 Å². The quantitative estimate of drug-likeness (QED) is 0.286. The summed E-state index contributed by atoms with van der Waals surface area (Å²) >= 11 is 0. The van der Waals surface area contributed by atoms with Gasteiger partial charge in [0.25, 0.3) is 0 Å². The molecule has 0 bridgehead atoms. The molecule has 7 heteroatoms. The lowest BCUT2D eigenvalue weighted by atomic mass is 10.1. The standard InChI is InChI=1S/C23H34N2O5/c1-3-27-17-29-22-11-7-5-9-19(22)13-24-15-21(16-26)25-14-20-10-6-8-12-23(20)30-18-28-4-2/h5-12,21,24-26H,3-4,13-18H2,1-2H3. The van der Waals surface area contributed by atoms with Gasteiger partial charge in [0.1, 0.15) is 11.5 Å². The molecule has 1 atom stereocenters. The zero-order valence-electron chi connectivity index (χ0n) is 17.9. The highest BCUT2D eigenvalue weighted by Gasteiger charge is 2.10. The van der Waals surface area contributed by atoms with Gasteiger partial charge in [-0.2, -0.15) is 0 Å². The summed E-state index contributed by atoms with van der Waals surface area (Å²) in [6, 6.07) is 15.6. The van der Waals surface area contributed by atoms with Crippen LogP contribution in [0.1, 0.15) is 25.0 Å². The Bertz CT molecular complexity index is 713. The lowest BCUT2D eigenvalue weighted by Crippen LogP contribution is -2.40. The van der Waals surface area contributed by atoms with Crippen LogP contribution in [0.2, 0.25) is 0 Å². The van der Waals surface area contributed by atoms with E-state index in [4.69, 9.17) is 18.9 Å². The van der Waals surface area contributed by atoms with Gasteiger partial charge >= 0.3 is 0 Å². The molecule has 7 nitrogen and oxygen atoms in total. The van der Waals surface area contributed by atoms with E-state index in [1.165, 1.54) is 0 Å². The maximum atomic E-state index is 9.75. The van der Waals surface area contributed by atoms with E-state index in [2.05, 4.69) is 10.6 Å². The fourth-order valence-electron chi connectivity index (χ4n) is 2.79. The van der Waals surface area contributed by atoms with Gasteiger partial charge in [0.15, 0.2) is 13.6 Å². The molecule has 3 N–H and O–H groups in total. The van der Waals surface area contributed by atoms with E-state index in [0.717, 1.165) is 22.6 Å². The van der Waals surface area contributed by atoms with E-state index >= 15 is 0 Å². The van der Waals surface area contributed by atoms with Crippen molar-refractivity contribution in [1.82, 2.24) is 10.6 Å². The van der Waals surface area contributed by atoms with Crippen molar-refractivity contribution in [2.75, 3.05) is 40.0 Å². The van der Waals surface area contributed by atoms with Gasteiger partial charge in [0.2, 0.25) is 0 Å². The van der Waals surface area contributed by atoms with Crippen molar-refractivity contribution in [3.8, 4) is 11.5 Å². The van der Waals surface area contributed by atoms with Gasteiger partial charge in [0.05, 0.1) is 6.61 Å². The lowest BCUT2D eigenvalue weighted by molar-refractivity contribution is 0.0215. The summed E-state index contributed by atoms with van der Waals surface area (Å²) in [5.74, 6) is 1.58. The third kappa shape index (κ3) is 8.69. The van der Waals surface area contributed by atoms with E-state index in [1.807, 2.05) is 62.4 Å². The SMILES string of the molecule is CCOCOc1ccccc1CNCC(CO)NCc1ccccc1OCOCC. The molecule has 2 aromatic rings. The van der Waals surface area contributed by atoms with Crippen LogP contribution < -0.4 is 20.1 Å². The highest BCUT2D eigenvalue weighted by molar-refractivity contribution is 5.34. The number of para-hydroxylation sites is 2. The van der Waals surface area contributed by atoms with Gasteiger partial charge in [-0.15, -0.1) is 0 Å². The van der Waals surface area contributed by atoms with Crippen LogP contribution in [0.15, 0.2) is 48.5 Å². The molecule has 0 aromatic heterocycles. The van der Waals surface area contributed by atoms with Crippen molar-refractivity contribution in [3.05, 3.63) is 59.7 Å². The molecule has 166 valence electrons. The van der Waals surface area contributed by atoms with Crippen molar-refractivity contribution in [2.45, 2.75) is 33.0 Å². The molecule has 1 unspecified atom stereocenters. The molecule has 0 aliphatic heterocycles. The van der Waals surface area contributed by atoms with E-state index in [-0.39, 0.29) is 26.2 Å². The zero-order chi connectivity index (χ0) is 21.4. The first kappa shape index (κ1) is 24.1. The molecule has 0 radical (unpaired) electrons. The Morgan fingerprint density at radius 1 is 0.800 bits per heavy atom. The topological polar surface area (TPSA) is 81.2 Å². The number of hydrogen-bond acceptors (Lipinski definition) is 7. The zero-order valence-corrected chi connectivity index (χ0v) is 17.9. The number of hydrogen-bond donors (Lipinski definition) is 3. The number of aliphatic hydroxyl groups excluding tert-OH is 1. The minimum absolute atomic E-state index is 0.0253. The Morgan fingerprint density at radius 3 is 1.87 bits per heavy atom. The van der Waals surface area contributed by atoms with Crippen molar-refractivity contribution in [3.63, 3.8) is 0 Å². The molecule has 0 fully saturated rings. The monoisotopic (exact) mass is 418 g/mol. The van der Waals surface area contributed by atoms with Gasteiger partial charge in [-0.05, 0) is 26.0 Å². The lowest BCUT2D eigenvalue weighted by Gasteiger charge is -2.19. The van der Waals surface area contributed by atoms with Crippen molar-refractivity contribution >= 4 is 0 Å². The van der Waals surface area contributed by atoms with E-state index in [1.54, 1.807) is 0 Å². The summed E-state index contributed by atoms with van der Waals surface area (Å²) in [6.45, 7) is 7.40. The van der Waals surface area contributed by atoms with Crippen molar-refractivity contribution < 1.29 is 24.1 Å². The first-order valence-electron chi connectivity index (χ1n) is 10.4. The molecule has 0 saturated heterocycles. The number of aliphatic hydroxyl groups is 1. The van der Waals surface area contributed by atoms with Gasteiger partial charge in [-0.25, -0.2) is 0 Å². The van der Waals surface area contributed by atoms with Crippen LogP contribution in [-0.2, 0) is 22.6 Å². The normalized spacial score (nSPS) is 12.0. The van der Waals surface area contributed by atoms with E-state index in [9.17, 15) is 5.11 Å². The maximum Gasteiger partial charge on any atom is 0.189 e. The molecule has 0 heterocycles. The second kappa shape index (κ2) is 14.8. The molecule has 0 aliphatic carbocycles. The smallest absolute Gasteiger partial charge is 0.189 e. The summed E-state index contributed by atoms with van der Waals surface area (Å²) in [4.78, 5) is 0.